The Balaban J connectivity index is 2.24. The van der Waals surface area contributed by atoms with Crippen LogP contribution in [-0.4, -0.2) is 43.0 Å². The average molecular weight is 507 g/mol. The van der Waals surface area contributed by atoms with Gasteiger partial charge in [-0.15, -0.1) is 0 Å². The highest BCUT2D eigenvalue weighted by Crippen LogP contribution is 2.30. The summed E-state index contributed by atoms with van der Waals surface area (Å²) in [6.45, 7) is 0.396. The number of hydrogen-bond donors (Lipinski definition) is 1. The van der Waals surface area contributed by atoms with Crippen molar-refractivity contribution in [2.75, 3.05) is 18.0 Å². The van der Waals surface area contributed by atoms with Gasteiger partial charge in [-0.3, -0.25) is 0 Å². The summed E-state index contributed by atoms with van der Waals surface area (Å²) in [5.41, 5.74) is 0.251. The fraction of sp³-hybridized carbons (Fsp3) is 0.333. The highest BCUT2D eigenvalue weighted by Gasteiger charge is 2.44. The van der Waals surface area contributed by atoms with Crippen molar-refractivity contribution < 1.29 is 45.3 Å². The molecule has 1 unspecified atom stereocenters. The Morgan fingerprint density at radius 2 is 1.66 bits per heavy atom. The van der Waals surface area contributed by atoms with Gasteiger partial charge in [0.2, 0.25) is 0 Å². The smallest absolute Gasteiger partial charge is 0.457 e. The summed E-state index contributed by atoms with van der Waals surface area (Å²) in [6, 6.07) is 14.7. The van der Waals surface area contributed by atoms with Crippen molar-refractivity contribution >= 4 is 5.69 Å². The molecule has 1 atom stereocenters. The molecule has 2 aromatic carbocycles. The van der Waals surface area contributed by atoms with Crippen LogP contribution in [0.1, 0.15) is 13.3 Å². The zero-order valence-corrected chi connectivity index (χ0v) is 18.6. The number of alkyl halides is 7. The van der Waals surface area contributed by atoms with E-state index in [1.807, 2.05) is 0 Å². The van der Waals surface area contributed by atoms with Gasteiger partial charge in [-0.1, -0.05) is 30.3 Å². The second kappa shape index (κ2) is 12.5. The van der Waals surface area contributed by atoms with E-state index in [1.165, 1.54) is 36.1 Å². The first kappa shape index (κ1) is 28.0. The van der Waals surface area contributed by atoms with Crippen LogP contribution in [0, 0.1) is 0 Å². The Kier molecular flexibility index (Phi) is 10.00. The van der Waals surface area contributed by atoms with Crippen molar-refractivity contribution in [3.05, 3.63) is 78.6 Å². The molecule has 0 saturated carbocycles. The van der Waals surface area contributed by atoms with Crippen LogP contribution in [0.15, 0.2) is 78.6 Å². The third-order valence-electron chi connectivity index (χ3n) is 4.52. The molecule has 0 amide bonds. The Bertz CT molecular complexity index is 979. The van der Waals surface area contributed by atoms with Crippen LogP contribution in [0.4, 0.5) is 36.4 Å². The Labute approximate surface area is 197 Å². The van der Waals surface area contributed by atoms with E-state index in [0.29, 0.717) is 11.5 Å². The normalized spacial score (nSPS) is 13.8. The van der Waals surface area contributed by atoms with Gasteiger partial charge in [0.1, 0.15) is 17.3 Å². The molecule has 2 aromatic rings. The third kappa shape index (κ3) is 9.16. The number of rotatable bonds is 12. The SMILES string of the molecule is C/C=C\C(=C/CCN(CC(O)C(F)(F)F)c1cccc(Oc2ccccc2)c1)OC(F)(F)C(F)F. The van der Waals surface area contributed by atoms with E-state index in [4.69, 9.17) is 4.74 Å². The molecule has 0 aliphatic carbocycles. The standard InChI is InChI=1S/C24H24F7NO3/c1-2-8-19(35-24(30,31)22(25)26)13-7-14-32(16-21(33)23(27,28)29)17-9-6-12-20(15-17)34-18-10-4-3-5-11-18/h2-6,8-13,15,21-22,33H,7,14,16H2,1H3/b8-2-,19-13+. The van der Waals surface area contributed by atoms with Gasteiger partial charge in [-0.2, -0.15) is 30.7 Å². The second-order valence-corrected chi connectivity index (χ2v) is 7.28. The lowest BCUT2D eigenvalue weighted by molar-refractivity contribution is -0.279. The molecule has 0 radical (unpaired) electrons. The van der Waals surface area contributed by atoms with E-state index in [1.54, 1.807) is 36.4 Å². The Morgan fingerprint density at radius 1 is 1.00 bits per heavy atom. The first-order valence-electron chi connectivity index (χ1n) is 10.4. The minimum absolute atomic E-state index is 0.159. The summed E-state index contributed by atoms with van der Waals surface area (Å²) in [6.07, 6.45) is -13.2. The number of aliphatic hydroxyl groups excluding tert-OH is 1. The zero-order valence-electron chi connectivity index (χ0n) is 18.6. The van der Waals surface area contributed by atoms with Gasteiger partial charge >= 0.3 is 18.7 Å². The molecule has 0 aromatic heterocycles. The molecule has 35 heavy (non-hydrogen) atoms. The topological polar surface area (TPSA) is 41.9 Å². The highest BCUT2D eigenvalue weighted by atomic mass is 19.4. The predicted molar refractivity (Wildman–Crippen MR) is 117 cm³/mol. The lowest BCUT2D eigenvalue weighted by Gasteiger charge is -2.28. The number of hydrogen-bond acceptors (Lipinski definition) is 4. The maximum Gasteiger partial charge on any atom is 0.461 e. The molecule has 2 rings (SSSR count). The number of aliphatic hydroxyl groups is 1. The highest BCUT2D eigenvalue weighted by molar-refractivity contribution is 5.52. The summed E-state index contributed by atoms with van der Waals surface area (Å²) >= 11 is 0. The molecular formula is C24H24F7NO3. The summed E-state index contributed by atoms with van der Waals surface area (Å²) in [4.78, 5) is 1.17. The van der Waals surface area contributed by atoms with Crippen LogP contribution < -0.4 is 9.64 Å². The predicted octanol–water partition coefficient (Wildman–Crippen LogP) is 6.93. The fourth-order valence-electron chi connectivity index (χ4n) is 2.88. The van der Waals surface area contributed by atoms with Crippen molar-refractivity contribution in [2.45, 2.75) is 38.2 Å². The number of anilines is 1. The number of allylic oxidation sites excluding steroid dienone is 2. The van der Waals surface area contributed by atoms with Crippen LogP contribution >= 0.6 is 0 Å². The van der Waals surface area contributed by atoms with E-state index in [9.17, 15) is 35.8 Å². The molecule has 11 heteroatoms. The van der Waals surface area contributed by atoms with Crippen molar-refractivity contribution in [2.24, 2.45) is 0 Å². The van der Waals surface area contributed by atoms with Crippen LogP contribution in [-0.2, 0) is 4.74 Å². The Morgan fingerprint density at radius 3 is 2.26 bits per heavy atom. The van der Waals surface area contributed by atoms with Gasteiger partial charge in [0.25, 0.3) is 0 Å². The molecule has 0 aliphatic rings. The minimum Gasteiger partial charge on any atom is -0.457 e. The van der Waals surface area contributed by atoms with Gasteiger partial charge < -0.3 is 19.5 Å². The monoisotopic (exact) mass is 507 g/mol. The quantitative estimate of drug-likeness (QED) is 0.192. The van der Waals surface area contributed by atoms with Gasteiger partial charge in [0, 0.05) is 18.3 Å². The number of benzene rings is 2. The largest absolute Gasteiger partial charge is 0.461 e. The van der Waals surface area contributed by atoms with Gasteiger partial charge in [-0.25, -0.2) is 0 Å². The molecule has 192 valence electrons. The number of halogens is 7. The van der Waals surface area contributed by atoms with Crippen molar-refractivity contribution in [1.29, 1.82) is 0 Å². The summed E-state index contributed by atoms with van der Waals surface area (Å²) in [7, 11) is 0. The summed E-state index contributed by atoms with van der Waals surface area (Å²) in [5.74, 6) is 0.225. The lowest BCUT2D eigenvalue weighted by atomic mass is 10.2. The van der Waals surface area contributed by atoms with Crippen molar-refractivity contribution in [1.82, 2.24) is 0 Å². The van der Waals surface area contributed by atoms with Crippen LogP contribution in [0.25, 0.3) is 0 Å². The second-order valence-electron chi connectivity index (χ2n) is 7.28. The number of nitrogens with zero attached hydrogens (tertiary/aromatic N) is 1. The molecule has 0 aliphatic heterocycles. The number of para-hydroxylation sites is 1. The maximum atomic E-state index is 13.3. The molecular weight excluding hydrogens is 483 g/mol. The summed E-state index contributed by atoms with van der Waals surface area (Å²) in [5, 5.41) is 9.60. The summed E-state index contributed by atoms with van der Waals surface area (Å²) < 4.78 is 100. The van der Waals surface area contributed by atoms with E-state index < -0.39 is 37.1 Å². The molecule has 0 saturated heterocycles. The van der Waals surface area contributed by atoms with E-state index in [2.05, 4.69) is 4.74 Å². The van der Waals surface area contributed by atoms with Gasteiger partial charge in [-0.05, 0) is 49.8 Å². The first-order valence-corrected chi connectivity index (χ1v) is 10.4. The molecule has 0 heterocycles. The maximum absolute atomic E-state index is 13.3. The zero-order chi connectivity index (χ0) is 26.1. The molecule has 4 nitrogen and oxygen atoms in total. The van der Waals surface area contributed by atoms with Gasteiger partial charge in [0.05, 0.1) is 6.54 Å². The first-order chi connectivity index (χ1) is 16.4. The minimum atomic E-state index is -4.90. The lowest BCUT2D eigenvalue weighted by Crippen LogP contribution is -2.41. The van der Waals surface area contributed by atoms with E-state index >= 15 is 0 Å². The van der Waals surface area contributed by atoms with Crippen molar-refractivity contribution in [3.63, 3.8) is 0 Å². The van der Waals surface area contributed by atoms with Crippen LogP contribution in [0.5, 0.6) is 11.5 Å². The molecule has 0 spiro atoms. The third-order valence-corrected chi connectivity index (χ3v) is 4.52. The van der Waals surface area contributed by atoms with E-state index in [-0.39, 0.29) is 18.7 Å². The van der Waals surface area contributed by atoms with Crippen LogP contribution in [0.3, 0.4) is 0 Å². The number of ether oxygens (including phenoxy) is 2. The Hall–Kier alpha value is -3.21. The van der Waals surface area contributed by atoms with Gasteiger partial charge in [0.15, 0.2) is 6.10 Å². The molecule has 1 N–H and O–H groups in total. The molecule has 0 fully saturated rings. The van der Waals surface area contributed by atoms with Crippen LogP contribution in [0.2, 0.25) is 0 Å². The average Bonchev–Trinajstić information content (AvgIpc) is 2.78. The van der Waals surface area contributed by atoms with E-state index in [0.717, 1.165) is 12.2 Å². The fourth-order valence-corrected chi connectivity index (χ4v) is 2.88. The molecule has 0 bridgehead atoms. The van der Waals surface area contributed by atoms with Crippen molar-refractivity contribution in [3.8, 4) is 11.5 Å².